The van der Waals surface area contributed by atoms with Gasteiger partial charge in [0.2, 0.25) is 0 Å². The van der Waals surface area contributed by atoms with Gasteiger partial charge in [-0.25, -0.2) is 0 Å². The summed E-state index contributed by atoms with van der Waals surface area (Å²) in [5.74, 6) is 0.0338. The fourth-order valence-corrected chi connectivity index (χ4v) is 1.73. The Morgan fingerprint density at radius 3 is 2.75 bits per heavy atom. The Morgan fingerprint density at radius 1 is 1.50 bits per heavy atom. The predicted octanol–water partition coefficient (Wildman–Crippen LogP) is 2.75. The zero-order valence-corrected chi connectivity index (χ0v) is 10.4. The van der Waals surface area contributed by atoms with Crippen LogP contribution in [-0.4, -0.2) is 34.9 Å². The van der Waals surface area contributed by atoms with Crippen molar-refractivity contribution in [3.8, 4) is 5.75 Å². The molecule has 88 valence electrons. The van der Waals surface area contributed by atoms with Gasteiger partial charge in [0, 0.05) is 24.0 Å². The molecule has 1 amide bonds. The van der Waals surface area contributed by atoms with Crippen LogP contribution in [0.3, 0.4) is 0 Å². The average molecular weight is 262 g/mol. The zero-order chi connectivity index (χ0) is 12.1. The number of carbonyl (C=O) groups excluding carboxylic acids is 1. The SMILES string of the molecule is CCN(CCCl)C(=O)c1cc(Cl)ccc1O. The second kappa shape index (κ2) is 5.97. The minimum Gasteiger partial charge on any atom is -0.507 e. The Morgan fingerprint density at radius 2 is 2.19 bits per heavy atom. The third-order valence-electron chi connectivity index (χ3n) is 2.21. The van der Waals surface area contributed by atoms with Crippen LogP contribution in [0.1, 0.15) is 17.3 Å². The molecule has 0 aromatic heterocycles. The molecule has 0 atom stereocenters. The number of rotatable bonds is 4. The normalized spacial score (nSPS) is 10.2. The van der Waals surface area contributed by atoms with Gasteiger partial charge in [-0.15, -0.1) is 11.6 Å². The number of benzene rings is 1. The maximum Gasteiger partial charge on any atom is 0.257 e. The predicted molar refractivity (Wildman–Crippen MR) is 65.4 cm³/mol. The van der Waals surface area contributed by atoms with E-state index in [4.69, 9.17) is 23.2 Å². The van der Waals surface area contributed by atoms with E-state index >= 15 is 0 Å². The summed E-state index contributed by atoms with van der Waals surface area (Å²) in [5.41, 5.74) is 0.208. The van der Waals surface area contributed by atoms with Gasteiger partial charge in [0.25, 0.3) is 5.91 Å². The number of phenols is 1. The number of hydrogen-bond donors (Lipinski definition) is 1. The average Bonchev–Trinajstić information content (AvgIpc) is 2.28. The van der Waals surface area contributed by atoms with Crippen molar-refractivity contribution in [1.82, 2.24) is 4.90 Å². The first kappa shape index (κ1) is 13.1. The molecule has 0 fully saturated rings. The largest absolute Gasteiger partial charge is 0.507 e. The molecule has 0 aliphatic heterocycles. The number of halogens is 2. The van der Waals surface area contributed by atoms with Crippen LogP contribution in [0.25, 0.3) is 0 Å². The van der Waals surface area contributed by atoms with Crippen LogP contribution in [0.4, 0.5) is 0 Å². The number of phenolic OH excluding ortho intramolecular Hbond substituents is 1. The summed E-state index contributed by atoms with van der Waals surface area (Å²) in [6.45, 7) is 2.84. The van der Waals surface area contributed by atoms with E-state index in [-0.39, 0.29) is 17.2 Å². The van der Waals surface area contributed by atoms with Crippen molar-refractivity contribution in [3.05, 3.63) is 28.8 Å². The summed E-state index contributed by atoms with van der Waals surface area (Å²) in [6, 6.07) is 4.39. The summed E-state index contributed by atoms with van der Waals surface area (Å²) >= 11 is 11.4. The maximum absolute atomic E-state index is 12.0. The second-order valence-corrected chi connectivity index (χ2v) is 4.05. The lowest BCUT2D eigenvalue weighted by atomic mass is 10.1. The topological polar surface area (TPSA) is 40.5 Å². The highest BCUT2D eigenvalue weighted by Gasteiger charge is 2.17. The first-order valence-corrected chi connectivity index (χ1v) is 5.85. The minimum absolute atomic E-state index is 0.0672. The van der Waals surface area contributed by atoms with Crippen molar-refractivity contribution in [1.29, 1.82) is 0 Å². The highest BCUT2D eigenvalue weighted by atomic mass is 35.5. The van der Waals surface area contributed by atoms with Crippen molar-refractivity contribution >= 4 is 29.1 Å². The van der Waals surface area contributed by atoms with Crippen molar-refractivity contribution < 1.29 is 9.90 Å². The third-order valence-corrected chi connectivity index (χ3v) is 2.62. The number of nitrogens with zero attached hydrogens (tertiary/aromatic N) is 1. The molecule has 0 saturated heterocycles. The quantitative estimate of drug-likeness (QED) is 0.847. The Labute approximate surface area is 105 Å². The van der Waals surface area contributed by atoms with Gasteiger partial charge in [0.15, 0.2) is 0 Å². The van der Waals surface area contributed by atoms with Gasteiger partial charge in [0.1, 0.15) is 5.75 Å². The van der Waals surface area contributed by atoms with Crippen LogP contribution in [0, 0.1) is 0 Å². The molecule has 0 radical (unpaired) electrons. The smallest absolute Gasteiger partial charge is 0.257 e. The number of aromatic hydroxyl groups is 1. The van der Waals surface area contributed by atoms with Gasteiger partial charge in [-0.3, -0.25) is 4.79 Å². The van der Waals surface area contributed by atoms with Crippen LogP contribution >= 0.6 is 23.2 Å². The lowest BCUT2D eigenvalue weighted by Crippen LogP contribution is -2.32. The van der Waals surface area contributed by atoms with Crippen molar-refractivity contribution in [2.45, 2.75) is 6.92 Å². The number of alkyl halides is 1. The molecular weight excluding hydrogens is 249 g/mol. The van der Waals surface area contributed by atoms with E-state index < -0.39 is 0 Å². The molecule has 0 aliphatic rings. The van der Waals surface area contributed by atoms with Crippen LogP contribution in [0.5, 0.6) is 5.75 Å². The molecule has 0 saturated carbocycles. The molecule has 0 unspecified atom stereocenters. The van der Waals surface area contributed by atoms with E-state index in [2.05, 4.69) is 0 Å². The molecule has 0 spiro atoms. The molecule has 5 heteroatoms. The summed E-state index contributed by atoms with van der Waals surface area (Å²) in [7, 11) is 0. The van der Waals surface area contributed by atoms with Crippen molar-refractivity contribution in [2.24, 2.45) is 0 Å². The Hall–Kier alpha value is -0.930. The summed E-state index contributed by atoms with van der Waals surface area (Å²) in [6.07, 6.45) is 0. The van der Waals surface area contributed by atoms with E-state index in [0.29, 0.717) is 24.0 Å². The summed E-state index contributed by atoms with van der Waals surface area (Å²) < 4.78 is 0. The van der Waals surface area contributed by atoms with Gasteiger partial charge in [-0.2, -0.15) is 0 Å². The Kier molecular flexibility index (Phi) is 4.90. The van der Waals surface area contributed by atoms with Gasteiger partial charge in [-0.1, -0.05) is 11.6 Å². The molecule has 1 rings (SSSR count). The van der Waals surface area contributed by atoms with Gasteiger partial charge in [-0.05, 0) is 25.1 Å². The van der Waals surface area contributed by atoms with Crippen LogP contribution in [0.2, 0.25) is 5.02 Å². The zero-order valence-electron chi connectivity index (χ0n) is 8.91. The molecule has 1 aromatic carbocycles. The van der Waals surface area contributed by atoms with Gasteiger partial charge >= 0.3 is 0 Å². The van der Waals surface area contributed by atoms with E-state index in [9.17, 15) is 9.90 Å². The van der Waals surface area contributed by atoms with E-state index in [1.807, 2.05) is 6.92 Å². The Bertz CT molecular complexity index is 382. The lowest BCUT2D eigenvalue weighted by molar-refractivity contribution is 0.0771. The molecule has 0 aliphatic carbocycles. The lowest BCUT2D eigenvalue weighted by Gasteiger charge is -2.20. The summed E-state index contributed by atoms with van der Waals surface area (Å²) in [4.78, 5) is 13.5. The maximum atomic E-state index is 12.0. The number of carbonyl (C=O) groups is 1. The second-order valence-electron chi connectivity index (χ2n) is 3.24. The van der Waals surface area contributed by atoms with Crippen molar-refractivity contribution in [2.75, 3.05) is 19.0 Å². The molecular formula is C11H13Cl2NO2. The molecule has 0 bridgehead atoms. The minimum atomic E-state index is -0.261. The highest BCUT2D eigenvalue weighted by Crippen LogP contribution is 2.22. The van der Waals surface area contributed by atoms with Crippen LogP contribution in [-0.2, 0) is 0 Å². The van der Waals surface area contributed by atoms with Crippen LogP contribution < -0.4 is 0 Å². The highest BCUT2D eigenvalue weighted by molar-refractivity contribution is 6.31. The fourth-order valence-electron chi connectivity index (χ4n) is 1.36. The first-order valence-electron chi connectivity index (χ1n) is 4.94. The molecule has 3 nitrogen and oxygen atoms in total. The van der Waals surface area contributed by atoms with Gasteiger partial charge in [0.05, 0.1) is 5.56 Å². The van der Waals surface area contributed by atoms with E-state index in [1.54, 1.807) is 4.90 Å². The number of amides is 1. The van der Waals surface area contributed by atoms with E-state index in [0.717, 1.165) is 0 Å². The standard InChI is InChI=1S/C11H13Cl2NO2/c1-2-14(6-5-12)11(16)9-7-8(13)3-4-10(9)15/h3-4,7,15H,2,5-6H2,1H3. The Balaban J connectivity index is 2.98. The molecule has 0 heterocycles. The van der Waals surface area contributed by atoms with Crippen LogP contribution in [0.15, 0.2) is 18.2 Å². The molecule has 1 aromatic rings. The number of hydrogen-bond acceptors (Lipinski definition) is 2. The first-order chi connectivity index (χ1) is 7.60. The monoisotopic (exact) mass is 261 g/mol. The van der Waals surface area contributed by atoms with Crippen molar-refractivity contribution in [3.63, 3.8) is 0 Å². The fraction of sp³-hybridized carbons (Fsp3) is 0.364. The third kappa shape index (κ3) is 3.03. The molecule has 16 heavy (non-hydrogen) atoms. The van der Waals surface area contributed by atoms with Gasteiger partial charge < -0.3 is 10.0 Å². The summed E-state index contributed by atoms with van der Waals surface area (Å²) in [5, 5.41) is 10.00. The van der Waals surface area contributed by atoms with E-state index in [1.165, 1.54) is 18.2 Å². The molecule has 1 N–H and O–H groups in total.